The minimum atomic E-state index is -1.31. The number of para-hydroxylation sites is 1. The minimum absolute atomic E-state index is 0.139. The zero-order chi connectivity index (χ0) is 28.8. The molecule has 8 heteroatoms. The van der Waals surface area contributed by atoms with Crippen molar-refractivity contribution in [2.75, 3.05) is 13.1 Å². The molecule has 5 rings (SSSR count). The third-order valence-corrected chi connectivity index (χ3v) is 7.55. The maximum absolute atomic E-state index is 13.4. The number of piperidine rings is 1. The Bertz CT molecular complexity index is 1420. The number of benzene rings is 2. The van der Waals surface area contributed by atoms with Gasteiger partial charge in [-0.05, 0) is 57.7 Å². The Kier molecular flexibility index (Phi) is 7.15. The van der Waals surface area contributed by atoms with Crippen LogP contribution in [0.2, 0.25) is 0 Å². The van der Waals surface area contributed by atoms with E-state index in [0.29, 0.717) is 13.1 Å². The number of carbonyl (C=O) groups is 3. The fourth-order valence-electron chi connectivity index (χ4n) is 5.85. The summed E-state index contributed by atoms with van der Waals surface area (Å²) in [6.45, 7) is 11.9. The first-order chi connectivity index (χ1) is 18.8. The van der Waals surface area contributed by atoms with Crippen molar-refractivity contribution in [1.29, 1.82) is 0 Å². The molecule has 2 fully saturated rings. The lowest BCUT2D eigenvalue weighted by molar-refractivity contribution is -0.240. The van der Waals surface area contributed by atoms with Crippen LogP contribution in [-0.4, -0.2) is 52.0 Å². The summed E-state index contributed by atoms with van der Waals surface area (Å²) in [7, 11) is 0. The van der Waals surface area contributed by atoms with Crippen molar-refractivity contribution < 1.29 is 28.6 Å². The fourth-order valence-corrected chi connectivity index (χ4v) is 5.85. The molecule has 2 aromatic carbocycles. The van der Waals surface area contributed by atoms with E-state index in [0.717, 1.165) is 40.4 Å². The van der Waals surface area contributed by atoms with Gasteiger partial charge in [-0.25, -0.2) is 4.79 Å². The van der Waals surface area contributed by atoms with Crippen molar-refractivity contribution in [3.05, 3.63) is 71.4 Å². The van der Waals surface area contributed by atoms with E-state index in [-0.39, 0.29) is 12.1 Å². The van der Waals surface area contributed by atoms with Crippen molar-refractivity contribution in [3.63, 3.8) is 0 Å². The molecule has 0 N–H and O–H groups in total. The van der Waals surface area contributed by atoms with Gasteiger partial charge in [0, 0.05) is 56.0 Å². The Morgan fingerprint density at radius 1 is 1.00 bits per heavy atom. The average molecular weight is 547 g/mol. The number of rotatable bonds is 4. The first kappa shape index (κ1) is 27.7. The quantitative estimate of drug-likeness (QED) is 0.290. The van der Waals surface area contributed by atoms with E-state index < -0.39 is 35.2 Å². The number of likely N-dealkylation sites (tertiary alicyclic amines) is 1. The zero-order valence-corrected chi connectivity index (χ0v) is 24.1. The molecule has 2 saturated heterocycles. The van der Waals surface area contributed by atoms with Crippen molar-refractivity contribution in [2.24, 2.45) is 5.92 Å². The van der Waals surface area contributed by atoms with E-state index in [2.05, 4.69) is 16.8 Å². The largest absolute Gasteiger partial charge is 0.444 e. The van der Waals surface area contributed by atoms with Gasteiger partial charge in [-0.3, -0.25) is 9.59 Å². The van der Waals surface area contributed by atoms with Gasteiger partial charge >= 0.3 is 18.0 Å². The maximum atomic E-state index is 13.4. The number of hydrogen-bond acceptors (Lipinski definition) is 6. The van der Waals surface area contributed by atoms with Crippen LogP contribution in [0.4, 0.5) is 4.79 Å². The van der Waals surface area contributed by atoms with E-state index in [4.69, 9.17) is 14.2 Å². The van der Waals surface area contributed by atoms with Crippen LogP contribution in [0.1, 0.15) is 76.1 Å². The summed E-state index contributed by atoms with van der Waals surface area (Å²) in [5, 5.41) is 0.967. The predicted molar refractivity (Wildman–Crippen MR) is 151 cm³/mol. The Balaban J connectivity index is 1.53. The van der Waals surface area contributed by atoms with Gasteiger partial charge in [-0.1, -0.05) is 48.0 Å². The molecule has 1 aromatic heterocycles. The summed E-state index contributed by atoms with van der Waals surface area (Å²) in [6.07, 6.45) is 3.30. The van der Waals surface area contributed by atoms with Crippen LogP contribution >= 0.6 is 0 Å². The summed E-state index contributed by atoms with van der Waals surface area (Å²) in [5.74, 6) is -4.21. The van der Waals surface area contributed by atoms with Gasteiger partial charge < -0.3 is 23.7 Å². The third kappa shape index (κ3) is 5.58. The molecular formula is C32H38N2O6. The summed E-state index contributed by atoms with van der Waals surface area (Å²) in [4.78, 5) is 41.1. The van der Waals surface area contributed by atoms with Crippen LogP contribution < -0.4 is 0 Å². The Morgan fingerprint density at radius 2 is 1.65 bits per heavy atom. The maximum Gasteiger partial charge on any atom is 0.410 e. The Morgan fingerprint density at radius 3 is 2.27 bits per heavy atom. The summed E-state index contributed by atoms with van der Waals surface area (Å²) in [6, 6.07) is 16.1. The standard InChI is InChI=1S/C32H38N2O6/c1-20-10-9-11-21(18-20)26(27-28(35)38-32(5,6)39-29(27)36)24-19-34(25-13-8-7-12-23(24)25)22-14-16-33(17-15-22)30(37)40-31(2,3)4/h7-13,18-19,22,26-27H,14-17H2,1-6H3. The number of aryl methyl sites for hydroxylation is 1. The van der Waals surface area contributed by atoms with Gasteiger partial charge in [0.15, 0.2) is 5.92 Å². The number of fused-ring (bicyclic) bond motifs is 1. The number of nitrogens with zero attached hydrogens (tertiary/aromatic N) is 2. The molecule has 0 saturated carbocycles. The third-order valence-electron chi connectivity index (χ3n) is 7.55. The number of amides is 1. The smallest absolute Gasteiger partial charge is 0.410 e. The second-order valence-corrected chi connectivity index (χ2v) is 12.3. The Hall–Kier alpha value is -3.81. The molecule has 3 heterocycles. The predicted octanol–water partition coefficient (Wildman–Crippen LogP) is 6.11. The van der Waals surface area contributed by atoms with Gasteiger partial charge in [0.05, 0.1) is 0 Å². The van der Waals surface area contributed by atoms with E-state index in [1.165, 1.54) is 0 Å². The molecule has 2 aliphatic rings. The first-order valence-corrected chi connectivity index (χ1v) is 13.9. The fraction of sp³-hybridized carbons (Fsp3) is 0.469. The van der Waals surface area contributed by atoms with E-state index >= 15 is 0 Å². The van der Waals surface area contributed by atoms with Crippen LogP contribution in [0.5, 0.6) is 0 Å². The van der Waals surface area contributed by atoms with Gasteiger partial charge in [-0.2, -0.15) is 0 Å². The number of esters is 2. The van der Waals surface area contributed by atoms with Crippen LogP contribution in [0.15, 0.2) is 54.7 Å². The number of ether oxygens (including phenoxy) is 3. The van der Waals surface area contributed by atoms with E-state index in [1.807, 2.05) is 70.2 Å². The lowest BCUT2D eigenvalue weighted by Gasteiger charge is -2.36. The molecule has 0 radical (unpaired) electrons. The van der Waals surface area contributed by atoms with E-state index in [1.54, 1.807) is 18.7 Å². The second kappa shape index (κ2) is 10.3. The average Bonchev–Trinajstić information content (AvgIpc) is 3.24. The molecule has 1 unspecified atom stereocenters. The van der Waals surface area contributed by atoms with Crippen LogP contribution in [0.25, 0.3) is 10.9 Å². The molecule has 1 atom stereocenters. The van der Waals surface area contributed by atoms with Crippen molar-refractivity contribution in [3.8, 4) is 0 Å². The molecule has 1 amide bonds. The lowest BCUT2D eigenvalue weighted by atomic mass is 9.79. The molecule has 2 aliphatic heterocycles. The van der Waals surface area contributed by atoms with Crippen molar-refractivity contribution in [1.82, 2.24) is 9.47 Å². The van der Waals surface area contributed by atoms with Gasteiger partial charge in [0.1, 0.15) is 5.60 Å². The SMILES string of the molecule is Cc1cccc(C(c2cn(C3CCN(C(=O)OC(C)(C)C)CC3)c3ccccc23)C2C(=O)OC(C)(C)OC2=O)c1. The molecule has 3 aromatic rings. The molecule has 0 aliphatic carbocycles. The minimum Gasteiger partial charge on any atom is -0.444 e. The monoisotopic (exact) mass is 546 g/mol. The zero-order valence-electron chi connectivity index (χ0n) is 24.1. The van der Waals surface area contributed by atoms with Crippen LogP contribution in [0, 0.1) is 12.8 Å². The van der Waals surface area contributed by atoms with Crippen molar-refractivity contribution in [2.45, 2.75) is 77.7 Å². The van der Waals surface area contributed by atoms with Crippen LogP contribution in [0.3, 0.4) is 0 Å². The van der Waals surface area contributed by atoms with Gasteiger partial charge in [0.2, 0.25) is 0 Å². The van der Waals surface area contributed by atoms with Gasteiger partial charge in [0.25, 0.3) is 5.79 Å². The number of carbonyl (C=O) groups excluding carboxylic acids is 3. The Labute approximate surface area is 235 Å². The van der Waals surface area contributed by atoms with Crippen molar-refractivity contribution >= 4 is 28.9 Å². The topological polar surface area (TPSA) is 87.1 Å². The number of aromatic nitrogens is 1. The highest BCUT2D eigenvalue weighted by molar-refractivity contribution is 5.99. The molecular weight excluding hydrogens is 508 g/mol. The number of hydrogen-bond donors (Lipinski definition) is 0. The highest BCUT2D eigenvalue weighted by Gasteiger charge is 2.49. The molecule has 0 bridgehead atoms. The highest BCUT2D eigenvalue weighted by atomic mass is 16.7. The highest BCUT2D eigenvalue weighted by Crippen LogP contribution is 2.43. The first-order valence-electron chi connectivity index (χ1n) is 13.9. The van der Waals surface area contributed by atoms with Crippen LogP contribution in [-0.2, 0) is 23.8 Å². The molecule has 0 spiro atoms. The molecule has 8 nitrogen and oxygen atoms in total. The normalized spacial score (nSPS) is 19.3. The summed E-state index contributed by atoms with van der Waals surface area (Å²) in [5.41, 5.74) is 3.22. The summed E-state index contributed by atoms with van der Waals surface area (Å²) >= 11 is 0. The lowest BCUT2D eigenvalue weighted by Crippen LogP contribution is -2.48. The van der Waals surface area contributed by atoms with Gasteiger partial charge in [-0.15, -0.1) is 0 Å². The van der Waals surface area contributed by atoms with E-state index in [9.17, 15) is 14.4 Å². The molecule has 40 heavy (non-hydrogen) atoms. The summed E-state index contributed by atoms with van der Waals surface area (Å²) < 4.78 is 19.0. The molecule has 212 valence electrons. The number of cyclic esters (lactones) is 2. The second-order valence-electron chi connectivity index (χ2n) is 12.3.